The topological polar surface area (TPSA) is 102 Å². The van der Waals surface area contributed by atoms with Gasteiger partial charge in [0.15, 0.2) is 11.6 Å². The molecular weight excluding hydrogens is 478 g/mol. The number of hydrogen-bond acceptors (Lipinski definition) is 6. The lowest BCUT2D eigenvalue weighted by Gasteiger charge is -2.25. The Balaban J connectivity index is 1.50. The Hall–Kier alpha value is -3.73. The number of ether oxygens (including phenoxy) is 1. The third kappa shape index (κ3) is 6.28. The zero-order valence-corrected chi connectivity index (χ0v) is 19.2. The first kappa shape index (κ1) is 25.4. The Bertz CT molecular complexity index is 1180. The van der Waals surface area contributed by atoms with Crippen LogP contribution in [0.2, 0.25) is 0 Å². The molecule has 4 N–H and O–H groups in total. The summed E-state index contributed by atoms with van der Waals surface area (Å²) >= 11 is 0. The summed E-state index contributed by atoms with van der Waals surface area (Å²) in [5.41, 5.74) is 6.62. The average Bonchev–Trinajstić information content (AvgIpc) is 3.37. The van der Waals surface area contributed by atoms with Crippen LogP contribution in [0.4, 0.5) is 29.2 Å². The summed E-state index contributed by atoms with van der Waals surface area (Å²) in [6.45, 7) is 1.17. The van der Waals surface area contributed by atoms with Crippen LogP contribution in [0.5, 0.6) is 0 Å². The highest BCUT2D eigenvalue weighted by Crippen LogP contribution is 2.35. The maximum atomic E-state index is 15.3. The monoisotopic (exact) mass is 503 g/mol. The summed E-state index contributed by atoms with van der Waals surface area (Å²) in [4.78, 5) is 19.0. The third-order valence-electron chi connectivity index (χ3n) is 5.98. The minimum Gasteiger partial charge on any atom is -0.381 e. The summed E-state index contributed by atoms with van der Waals surface area (Å²) in [7, 11) is 0. The molecule has 3 aromatic rings. The molecule has 1 amide bonds. The molecule has 0 saturated carbocycles. The Morgan fingerprint density at radius 2 is 1.72 bits per heavy atom. The summed E-state index contributed by atoms with van der Waals surface area (Å²) in [6, 6.07) is 11.4. The van der Waals surface area contributed by atoms with Crippen LogP contribution in [0.1, 0.15) is 34.7 Å². The standard InChI is InChI=1S/C25H25F4N5O2/c26-21-23(31-12-16-3-1-15(2-4-16)11-20(30)35)32-14-33-24(21)34-22(18-9-10-36-13-18)17-5-7-19(8-6-17)25(27,28)29/h1-8,14,18,22H,9-13H2,(H2,30,35)(H2,31,32,33,34). The molecule has 2 heterocycles. The number of rotatable bonds is 9. The van der Waals surface area contributed by atoms with Crippen molar-refractivity contribution in [2.45, 2.75) is 31.6 Å². The van der Waals surface area contributed by atoms with E-state index in [4.69, 9.17) is 10.5 Å². The van der Waals surface area contributed by atoms with Gasteiger partial charge in [0, 0.05) is 19.1 Å². The molecule has 190 valence electrons. The number of benzene rings is 2. The fourth-order valence-electron chi connectivity index (χ4n) is 4.07. The number of nitrogens with zero attached hydrogens (tertiary/aromatic N) is 2. The van der Waals surface area contributed by atoms with E-state index in [0.29, 0.717) is 25.2 Å². The van der Waals surface area contributed by atoms with Crippen molar-refractivity contribution in [3.8, 4) is 0 Å². The van der Waals surface area contributed by atoms with Crippen molar-refractivity contribution in [1.29, 1.82) is 0 Å². The molecule has 11 heteroatoms. The van der Waals surface area contributed by atoms with Crippen LogP contribution in [0.15, 0.2) is 54.9 Å². The maximum absolute atomic E-state index is 15.3. The molecule has 1 fully saturated rings. The molecule has 0 spiro atoms. The smallest absolute Gasteiger partial charge is 0.381 e. The number of primary amides is 1. The molecule has 1 aliphatic rings. The maximum Gasteiger partial charge on any atom is 0.416 e. The van der Waals surface area contributed by atoms with Crippen LogP contribution >= 0.6 is 0 Å². The van der Waals surface area contributed by atoms with Crippen LogP contribution in [0.25, 0.3) is 0 Å². The van der Waals surface area contributed by atoms with Gasteiger partial charge in [-0.3, -0.25) is 4.79 Å². The second-order valence-electron chi connectivity index (χ2n) is 8.56. The molecule has 2 atom stereocenters. The summed E-state index contributed by atoms with van der Waals surface area (Å²) in [5, 5.41) is 5.99. The highest BCUT2D eigenvalue weighted by atomic mass is 19.4. The van der Waals surface area contributed by atoms with Gasteiger partial charge in [-0.25, -0.2) is 9.97 Å². The number of aromatic nitrogens is 2. The number of carbonyl (C=O) groups excluding carboxylic acids is 1. The molecule has 36 heavy (non-hydrogen) atoms. The van der Waals surface area contributed by atoms with Gasteiger partial charge in [0.2, 0.25) is 11.7 Å². The number of carbonyl (C=O) groups is 1. The number of anilines is 2. The van der Waals surface area contributed by atoms with Crippen LogP contribution in [0, 0.1) is 11.7 Å². The number of nitrogens with two attached hydrogens (primary N) is 1. The first-order chi connectivity index (χ1) is 17.2. The summed E-state index contributed by atoms with van der Waals surface area (Å²) in [6.07, 6.45) is -2.43. The van der Waals surface area contributed by atoms with Gasteiger partial charge in [-0.1, -0.05) is 36.4 Å². The molecule has 2 unspecified atom stereocenters. The lowest BCUT2D eigenvalue weighted by atomic mass is 9.91. The normalized spacial score (nSPS) is 16.5. The number of alkyl halides is 3. The van der Waals surface area contributed by atoms with E-state index in [1.807, 2.05) is 0 Å². The van der Waals surface area contributed by atoms with E-state index in [0.717, 1.165) is 23.3 Å². The van der Waals surface area contributed by atoms with Crippen molar-refractivity contribution in [2.75, 3.05) is 23.8 Å². The Kier molecular flexibility index (Phi) is 7.68. The van der Waals surface area contributed by atoms with E-state index in [1.54, 1.807) is 24.3 Å². The minimum absolute atomic E-state index is 0.0254. The van der Waals surface area contributed by atoms with Gasteiger partial charge in [0.1, 0.15) is 6.33 Å². The minimum atomic E-state index is -4.45. The van der Waals surface area contributed by atoms with E-state index in [9.17, 15) is 18.0 Å². The molecule has 4 rings (SSSR count). The van der Waals surface area contributed by atoms with Crippen molar-refractivity contribution in [2.24, 2.45) is 11.7 Å². The van der Waals surface area contributed by atoms with Crippen LogP contribution in [0.3, 0.4) is 0 Å². The molecule has 0 bridgehead atoms. The molecule has 1 aromatic heterocycles. The molecule has 1 aliphatic heterocycles. The largest absolute Gasteiger partial charge is 0.416 e. The first-order valence-electron chi connectivity index (χ1n) is 11.3. The van der Waals surface area contributed by atoms with Crippen molar-refractivity contribution in [3.63, 3.8) is 0 Å². The highest BCUT2D eigenvalue weighted by Gasteiger charge is 2.32. The zero-order chi connectivity index (χ0) is 25.7. The fraction of sp³-hybridized carbons (Fsp3) is 0.320. The van der Waals surface area contributed by atoms with E-state index >= 15 is 4.39 Å². The van der Waals surface area contributed by atoms with E-state index in [1.165, 1.54) is 18.5 Å². The molecule has 0 aliphatic carbocycles. The lowest BCUT2D eigenvalue weighted by molar-refractivity contribution is -0.137. The Morgan fingerprint density at radius 1 is 1.06 bits per heavy atom. The van der Waals surface area contributed by atoms with E-state index in [2.05, 4.69) is 20.6 Å². The van der Waals surface area contributed by atoms with Gasteiger partial charge in [0.05, 0.1) is 24.6 Å². The second-order valence-corrected chi connectivity index (χ2v) is 8.56. The van der Waals surface area contributed by atoms with E-state index < -0.39 is 29.5 Å². The summed E-state index contributed by atoms with van der Waals surface area (Å²) < 4.78 is 59.8. The van der Waals surface area contributed by atoms with Crippen LogP contribution in [-0.2, 0) is 28.7 Å². The first-order valence-corrected chi connectivity index (χ1v) is 11.3. The molecule has 0 radical (unpaired) electrons. The molecule has 1 saturated heterocycles. The van der Waals surface area contributed by atoms with Crippen LogP contribution in [-0.4, -0.2) is 29.1 Å². The van der Waals surface area contributed by atoms with Crippen molar-refractivity contribution < 1.29 is 27.1 Å². The lowest BCUT2D eigenvalue weighted by Crippen LogP contribution is -2.23. The van der Waals surface area contributed by atoms with Gasteiger partial charge in [-0.05, 0) is 35.2 Å². The van der Waals surface area contributed by atoms with Crippen molar-refractivity contribution >= 4 is 17.5 Å². The van der Waals surface area contributed by atoms with Crippen molar-refractivity contribution in [1.82, 2.24) is 9.97 Å². The number of amides is 1. The van der Waals surface area contributed by atoms with Gasteiger partial charge in [0.25, 0.3) is 0 Å². The highest BCUT2D eigenvalue weighted by molar-refractivity contribution is 5.76. The number of hydrogen-bond donors (Lipinski definition) is 3. The summed E-state index contributed by atoms with van der Waals surface area (Å²) in [5.74, 6) is -1.31. The predicted molar refractivity (Wildman–Crippen MR) is 125 cm³/mol. The second kappa shape index (κ2) is 10.9. The predicted octanol–water partition coefficient (Wildman–Crippen LogP) is 4.46. The van der Waals surface area contributed by atoms with Crippen molar-refractivity contribution in [3.05, 3.63) is 82.9 Å². The molecule has 7 nitrogen and oxygen atoms in total. The van der Waals surface area contributed by atoms with Crippen LogP contribution < -0.4 is 16.4 Å². The quantitative estimate of drug-likeness (QED) is 0.373. The fourth-order valence-corrected chi connectivity index (χ4v) is 4.07. The third-order valence-corrected chi connectivity index (χ3v) is 5.98. The Labute approximate surface area is 205 Å². The van der Waals surface area contributed by atoms with Gasteiger partial charge >= 0.3 is 6.18 Å². The molecule has 2 aromatic carbocycles. The number of nitrogens with one attached hydrogen (secondary N) is 2. The molecular formula is C25H25F4N5O2. The van der Waals surface area contributed by atoms with Gasteiger partial charge < -0.3 is 21.1 Å². The van der Waals surface area contributed by atoms with E-state index in [-0.39, 0.29) is 30.5 Å². The van der Waals surface area contributed by atoms with Gasteiger partial charge in [-0.2, -0.15) is 17.6 Å². The van der Waals surface area contributed by atoms with Gasteiger partial charge in [-0.15, -0.1) is 0 Å². The SMILES string of the molecule is NC(=O)Cc1ccc(CNc2ncnc(NC(c3ccc(C(F)(F)F)cc3)C3CCOC3)c2F)cc1. The zero-order valence-electron chi connectivity index (χ0n) is 19.2. The Morgan fingerprint density at radius 3 is 2.33 bits per heavy atom. The number of halogens is 4. The average molecular weight is 504 g/mol.